The van der Waals surface area contributed by atoms with Crippen molar-refractivity contribution in [3.63, 3.8) is 0 Å². The molecule has 0 aliphatic heterocycles. The molecule has 1 N–H and O–H groups in total. The first-order chi connectivity index (χ1) is 8.88. The predicted octanol–water partition coefficient (Wildman–Crippen LogP) is 2.96. The van der Waals surface area contributed by atoms with Crippen LogP contribution in [0.3, 0.4) is 0 Å². The van der Waals surface area contributed by atoms with E-state index in [2.05, 4.69) is 5.32 Å². The zero-order valence-electron chi connectivity index (χ0n) is 11.3. The van der Waals surface area contributed by atoms with E-state index in [0.717, 1.165) is 24.8 Å². The van der Waals surface area contributed by atoms with Crippen LogP contribution < -0.4 is 5.32 Å². The maximum Gasteiger partial charge on any atom is 0.151 e. The van der Waals surface area contributed by atoms with Crippen LogP contribution in [0, 0.1) is 0 Å². The van der Waals surface area contributed by atoms with Gasteiger partial charge in [0, 0.05) is 23.4 Å². The molecule has 1 aliphatic rings. The van der Waals surface area contributed by atoms with Crippen molar-refractivity contribution in [3.05, 3.63) is 34.9 Å². The number of rotatable bonds is 4. The summed E-state index contributed by atoms with van der Waals surface area (Å²) in [7, 11) is -2.98. The van der Waals surface area contributed by atoms with Gasteiger partial charge < -0.3 is 5.32 Å². The first kappa shape index (κ1) is 14.8. The summed E-state index contributed by atoms with van der Waals surface area (Å²) >= 11 is 5.98. The van der Waals surface area contributed by atoms with Gasteiger partial charge in [-0.3, -0.25) is 0 Å². The Balaban J connectivity index is 2.08. The van der Waals surface area contributed by atoms with Crippen LogP contribution in [0.4, 0.5) is 0 Å². The molecule has 0 heterocycles. The van der Waals surface area contributed by atoms with Crippen LogP contribution >= 0.6 is 11.6 Å². The zero-order chi connectivity index (χ0) is 14.0. The lowest BCUT2D eigenvalue weighted by Crippen LogP contribution is -2.41. The molecule has 0 aromatic heterocycles. The standard InChI is InChI=1S/C14H20ClNO2S/c1-10(11-5-3-6-12(15)9-11)16-13-7-4-8-14(13)19(2,17)18/h3,5-6,9-10,13-14,16H,4,7-8H2,1-2H3/t10-,13?,14?/m0/s1. The van der Waals surface area contributed by atoms with Gasteiger partial charge in [-0.1, -0.05) is 30.2 Å². The minimum Gasteiger partial charge on any atom is -0.306 e. The van der Waals surface area contributed by atoms with Gasteiger partial charge in [0.25, 0.3) is 0 Å². The predicted molar refractivity (Wildman–Crippen MR) is 79.3 cm³/mol. The van der Waals surface area contributed by atoms with Crippen LogP contribution in [0.1, 0.15) is 37.8 Å². The van der Waals surface area contributed by atoms with Gasteiger partial charge in [-0.25, -0.2) is 8.42 Å². The molecule has 3 atom stereocenters. The maximum absolute atomic E-state index is 11.8. The number of hydrogen-bond donors (Lipinski definition) is 1. The Labute approximate surface area is 120 Å². The number of sulfone groups is 1. The second kappa shape index (κ2) is 5.81. The minimum atomic E-state index is -2.98. The third-order valence-electron chi connectivity index (χ3n) is 3.82. The van der Waals surface area contributed by atoms with E-state index in [-0.39, 0.29) is 17.3 Å². The van der Waals surface area contributed by atoms with Gasteiger partial charge in [-0.05, 0) is 37.5 Å². The Morgan fingerprint density at radius 3 is 2.74 bits per heavy atom. The Morgan fingerprint density at radius 1 is 1.37 bits per heavy atom. The molecule has 0 saturated heterocycles. The van der Waals surface area contributed by atoms with Gasteiger partial charge in [-0.15, -0.1) is 0 Å². The largest absolute Gasteiger partial charge is 0.306 e. The fourth-order valence-electron chi connectivity index (χ4n) is 2.82. The highest BCUT2D eigenvalue weighted by Gasteiger charge is 2.35. The summed E-state index contributed by atoms with van der Waals surface area (Å²) in [5, 5.41) is 3.89. The Bertz CT molecular complexity index is 544. The molecule has 5 heteroatoms. The van der Waals surface area contributed by atoms with Crippen LogP contribution in [0.5, 0.6) is 0 Å². The highest BCUT2D eigenvalue weighted by molar-refractivity contribution is 7.91. The monoisotopic (exact) mass is 301 g/mol. The first-order valence-electron chi connectivity index (χ1n) is 6.58. The van der Waals surface area contributed by atoms with Crippen molar-refractivity contribution in [3.8, 4) is 0 Å². The van der Waals surface area contributed by atoms with E-state index in [1.54, 1.807) is 0 Å². The van der Waals surface area contributed by atoms with Crippen LogP contribution in [0.2, 0.25) is 5.02 Å². The van der Waals surface area contributed by atoms with Crippen molar-refractivity contribution in [2.24, 2.45) is 0 Å². The average molecular weight is 302 g/mol. The molecule has 1 aliphatic carbocycles. The number of halogens is 1. The van der Waals surface area contributed by atoms with Crippen LogP contribution in [0.25, 0.3) is 0 Å². The Hall–Kier alpha value is -0.580. The molecular weight excluding hydrogens is 282 g/mol. The van der Waals surface area contributed by atoms with E-state index >= 15 is 0 Å². The molecule has 1 aromatic rings. The third kappa shape index (κ3) is 3.71. The molecule has 2 unspecified atom stereocenters. The molecule has 3 nitrogen and oxygen atoms in total. The van der Waals surface area contributed by atoms with E-state index in [9.17, 15) is 8.42 Å². The molecule has 19 heavy (non-hydrogen) atoms. The smallest absolute Gasteiger partial charge is 0.151 e. The van der Waals surface area contributed by atoms with Gasteiger partial charge in [-0.2, -0.15) is 0 Å². The summed E-state index contributed by atoms with van der Waals surface area (Å²) in [6.45, 7) is 2.04. The second-order valence-electron chi connectivity index (χ2n) is 5.35. The molecule has 0 spiro atoms. The average Bonchev–Trinajstić information content (AvgIpc) is 2.77. The van der Waals surface area contributed by atoms with Gasteiger partial charge >= 0.3 is 0 Å². The van der Waals surface area contributed by atoms with Crippen molar-refractivity contribution in [1.29, 1.82) is 0 Å². The lowest BCUT2D eigenvalue weighted by molar-refractivity contribution is 0.456. The SMILES string of the molecule is C[C@H](NC1CCCC1S(C)(=O)=O)c1cccc(Cl)c1. The fourth-order valence-corrected chi connectivity index (χ4v) is 4.43. The van der Waals surface area contributed by atoms with E-state index in [1.165, 1.54) is 6.26 Å². The molecule has 0 radical (unpaired) electrons. The summed E-state index contributed by atoms with van der Waals surface area (Å²) in [4.78, 5) is 0. The molecule has 1 saturated carbocycles. The van der Waals surface area contributed by atoms with Crippen LogP contribution in [-0.2, 0) is 9.84 Å². The number of nitrogens with one attached hydrogen (secondary N) is 1. The maximum atomic E-state index is 11.8. The molecular formula is C14H20ClNO2S. The van der Waals surface area contributed by atoms with Gasteiger partial charge in [0.15, 0.2) is 9.84 Å². The summed E-state index contributed by atoms with van der Waals surface area (Å²) in [5.74, 6) is 0. The lowest BCUT2D eigenvalue weighted by atomic mass is 10.1. The van der Waals surface area contributed by atoms with Gasteiger partial charge in [0.1, 0.15) is 0 Å². The minimum absolute atomic E-state index is 0.0454. The number of hydrogen-bond acceptors (Lipinski definition) is 3. The lowest BCUT2D eigenvalue weighted by Gasteiger charge is -2.24. The van der Waals surface area contributed by atoms with Crippen molar-refractivity contribution >= 4 is 21.4 Å². The van der Waals surface area contributed by atoms with E-state index < -0.39 is 9.84 Å². The summed E-state index contributed by atoms with van der Waals surface area (Å²) in [6.07, 6.45) is 3.99. The first-order valence-corrected chi connectivity index (χ1v) is 8.91. The van der Waals surface area contributed by atoms with Gasteiger partial charge in [0.2, 0.25) is 0 Å². The van der Waals surface area contributed by atoms with E-state index in [1.807, 2.05) is 31.2 Å². The van der Waals surface area contributed by atoms with Crippen LogP contribution in [-0.4, -0.2) is 26.0 Å². The van der Waals surface area contributed by atoms with E-state index in [4.69, 9.17) is 11.6 Å². The molecule has 0 bridgehead atoms. The molecule has 106 valence electrons. The topological polar surface area (TPSA) is 46.2 Å². The van der Waals surface area contributed by atoms with Crippen molar-refractivity contribution in [1.82, 2.24) is 5.32 Å². The Morgan fingerprint density at radius 2 is 2.11 bits per heavy atom. The summed E-state index contributed by atoms with van der Waals surface area (Å²) in [6, 6.07) is 7.83. The number of benzene rings is 1. The summed E-state index contributed by atoms with van der Waals surface area (Å²) < 4.78 is 23.5. The molecule has 0 amide bonds. The van der Waals surface area contributed by atoms with Crippen molar-refractivity contribution < 1.29 is 8.42 Å². The second-order valence-corrected chi connectivity index (χ2v) is 8.05. The highest BCUT2D eigenvalue weighted by Crippen LogP contribution is 2.27. The van der Waals surface area contributed by atoms with Gasteiger partial charge in [0.05, 0.1) is 5.25 Å². The highest BCUT2D eigenvalue weighted by atomic mass is 35.5. The van der Waals surface area contributed by atoms with E-state index in [0.29, 0.717) is 5.02 Å². The Kier molecular flexibility index (Phi) is 4.54. The third-order valence-corrected chi connectivity index (χ3v) is 5.71. The van der Waals surface area contributed by atoms with Crippen molar-refractivity contribution in [2.75, 3.05) is 6.26 Å². The summed E-state index contributed by atoms with van der Waals surface area (Å²) in [5.41, 5.74) is 1.09. The fraction of sp³-hybridized carbons (Fsp3) is 0.571. The quantitative estimate of drug-likeness (QED) is 0.930. The van der Waals surface area contributed by atoms with Crippen LogP contribution in [0.15, 0.2) is 24.3 Å². The molecule has 2 rings (SSSR count). The zero-order valence-corrected chi connectivity index (χ0v) is 12.8. The molecule has 1 fully saturated rings. The molecule has 1 aromatic carbocycles. The van der Waals surface area contributed by atoms with Crippen molar-refractivity contribution in [2.45, 2.75) is 43.5 Å². The normalized spacial score (nSPS) is 25.4.